The molecule has 1 heterocycles. The van der Waals surface area contributed by atoms with E-state index in [-0.39, 0.29) is 6.61 Å². The zero-order chi connectivity index (χ0) is 22.6. The number of allylic oxidation sites excluding steroid dienone is 2. The Hall–Kier alpha value is -0.460. The van der Waals surface area contributed by atoms with E-state index < -0.39 is 31.0 Å². The van der Waals surface area contributed by atoms with Crippen molar-refractivity contribution in [1.29, 1.82) is 0 Å². The molecule has 5 heteroatoms. The van der Waals surface area contributed by atoms with Crippen LogP contribution in [0.4, 0.5) is 0 Å². The number of unbranched alkanes of at least 4 members (excludes halogenated alkanes) is 14. The standard InChI is InChI=1S/C26H50O5/c1-2-3-4-5-6-7-8-9-10-11-12-13-14-15-16-17-18-19-20-30-24-22-31-26(25(24)29)23(28)21-27/h10-11,23-29H,2-9,12-22H2,1H3/b11-10+/t23-,24+,25-,26-/m0/s1. The first kappa shape index (κ1) is 28.6. The van der Waals surface area contributed by atoms with Gasteiger partial charge in [-0.25, -0.2) is 0 Å². The first-order valence-corrected chi connectivity index (χ1v) is 13.1. The number of aliphatic hydroxyl groups excluding tert-OH is 3. The zero-order valence-corrected chi connectivity index (χ0v) is 20.1. The summed E-state index contributed by atoms with van der Waals surface area (Å²) in [6.07, 6.45) is 22.4. The zero-order valence-electron chi connectivity index (χ0n) is 20.1. The molecule has 0 spiro atoms. The average molecular weight is 443 g/mol. The third-order valence-electron chi connectivity index (χ3n) is 6.22. The number of ether oxygens (including phenoxy) is 2. The highest BCUT2D eigenvalue weighted by molar-refractivity contribution is 4.88. The lowest BCUT2D eigenvalue weighted by molar-refractivity contribution is -0.0730. The topological polar surface area (TPSA) is 79.2 Å². The summed E-state index contributed by atoms with van der Waals surface area (Å²) in [5, 5.41) is 28.6. The van der Waals surface area contributed by atoms with Crippen LogP contribution < -0.4 is 0 Å². The molecule has 0 amide bonds. The summed E-state index contributed by atoms with van der Waals surface area (Å²) < 4.78 is 11.0. The maximum Gasteiger partial charge on any atom is 0.114 e. The molecule has 184 valence electrons. The molecule has 4 atom stereocenters. The quantitative estimate of drug-likeness (QED) is 0.166. The highest BCUT2D eigenvalue weighted by Gasteiger charge is 2.40. The Morgan fingerprint density at radius 3 is 1.90 bits per heavy atom. The second kappa shape index (κ2) is 20.2. The molecule has 0 aromatic rings. The second-order valence-electron chi connectivity index (χ2n) is 9.09. The van der Waals surface area contributed by atoms with Crippen LogP contribution in [0.3, 0.4) is 0 Å². The van der Waals surface area contributed by atoms with Gasteiger partial charge in [-0.05, 0) is 32.1 Å². The number of rotatable bonds is 21. The van der Waals surface area contributed by atoms with Gasteiger partial charge in [0.2, 0.25) is 0 Å². The Balaban J connectivity index is 1.80. The van der Waals surface area contributed by atoms with Crippen molar-refractivity contribution in [3.8, 4) is 0 Å². The van der Waals surface area contributed by atoms with Crippen LogP contribution in [-0.4, -0.2) is 59.6 Å². The maximum absolute atomic E-state index is 10.1. The molecule has 1 saturated heterocycles. The summed E-state index contributed by atoms with van der Waals surface area (Å²) in [5.74, 6) is 0. The number of hydrogen-bond donors (Lipinski definition) is 3. The van der Waals surface area contributed by atoms with Crippen molar-refractivity contribution >= 4 is 0 Å². The third kappa shape index (κ3) is 14.3. The summed E-state index contributed by atoms with van der Waals surface area (Å²) >= 11 is 0. The maximum atomic E-state index is 10.1. The van der Waals surface area contributed by atoms with E-state index in [0.29, 0.717) is 6.61 Å². The van der Waals surface area contributed by atoms with E-state index in [0.717, 1.165) is 12.8 Å². The lowest BCUT2D eigenvalue weighted by Gasteiger charge is -2.20. The van der Waals surface area contributed by atoms with Crippen LogP contribution in [0.15, 0.2) is 12.2 Å². The van der Waals surface area contributed by atoms with Gasteiger partial charge in [-0.1, -0.05) is 89.7 Å². The van der Waals surface area contributed by atoms with Crippen molar-refractivity contribution in [2.45, 2.75) is 134 Å². The van der Waals surface area contributed by atoms with Crippen LogP contribution >= 0.6 is 0 Å². The minimum absolute atomic E-state index is 0.274. The fourth-order valence-corrected chi connectivity index (χ4v) is 4.14. The van der Waals surface area contributed by atoms with Crippen LogP contribution in [0, 0.1) is 0 Å². The van der Waals surface area contributed by atoms with E-state index in [9.17, 15) is 10.2 Å². The van der Waals surface area contributed by atoms with Gasteiger partial charge in [-0.15, -0.1) is 0 Å². The van der Waals surface area contributed by atoms with Gasteiger partial charge < -0.3 is 24.8 Å². The average Bonchev–Trinajstić information content (AvgIpc) is 3.15. The van der Waals surface area contributed by atoms with Gasteiger partial charge in [0.05, 0.1) is 13.2 Å². The highest BCUT2D eigenvalue weighted by Crippen LogP contribution is 2.20. The van der Waals surface area contributed by atoms with Crippen LogP contribution in [0.1, 0.15) is 110 Å². The van der Waals surface area contributed by atoms with Crippen molar-refractivity contribution in [3.05, 3.63) is 12.2 Å². The van der Waals surface area contributed by atoms with Crippen molar-refractivity contribution in [3.63, 3.8) is 0 Å². The van der Waals surface area contributed by atoms with Gasteiger partial charge >= 0.3 is 0 Å². The molecule has 0 aromatic heterocycles. The molecule has 0 bridgehead atoms. The molecular formula is C26H50O5. The van der Waals surface area contributed by atoms with Crippen LogP contribution in [0.2, 0.25) is 0 Å². The summed E-state index contributed by atoms with van der Waals surface area (Å²) in [7, 11) is 0. The molecule has 1 rings (SSSR count). The van der Waals surface area contributed by atoms with Crippen molar-refractivity contribution in [2.24, 2.45) is 0 Å². The minimum Gasteiger partial charge on any atom is -0.394 e. The van der Waals surface area contributed by atoms with Gasteiger partial charge in [0, 0.05) is 6.61 Å². The van der Waals surface area contributed by atoms with Gasteiger partial charge in [0.1, 0.15) is 24.4 Å². The predicted octanol–water partition coefficient (Wildman–Crippen LogP) is 5.30. The van der Waals surface area contributed by atoms with Gasteiger partial charge in [-0.2, -0.15) is 0 Å². The molecule has 0 radical (unpaired) electrons. The van der Waals surface area contributed by atoms with Crippen molar-refractivity contribution in [2.75, 3.05) is 19.8 Å². The van der Waals surface area contributed by atoms with E-state index >= 15 is 0 Å². The molecule has 1 fully saturated rings. The first-order chi connectivity index (χ1) is 15.2. The van der Waals surface area contributed by atoms with E-state index in [1.54, 1.807) is 0 Å². The molecular weight excluding hydrogens is 392 g/mol. The van der Waals surface area contributed by atoms with E-state index in [1.165, 1.54) is 89.9 Å². The molecule has 1 aliphatic heterocycles. The van der Waals surface area contributed by atoms with Crippen LogP contribution in [0.5, 0.6) is 0 Å². The van der Waals surface area contributed by atoms with Gasteiger partial charge in [0.25, 0.3) is 0 Å². The predicted molar refractivity (Wildman–Crippen MR) is 127 cm³/mol. The SMILES string of the molecule is CCCCCCCCC/C=C/CCCCCCCCCO[C@@H]1CO[C@@H]([C@@H](O)CO)[C@H]1O. The van der Waals surface area contributed by atoms with E-state index in [1.807, 2.05) is 0 Å². The summed E-state index contributed by atoms with van der Waals surface area (Å²) in [4.78, 5) is 0. The third-order valence-corrected chi connectivity index (χ3v) is 6.22. The summed E-state index contributed by atoms with van der Waals surface area (Å²) in [6, 6.07) is 0. The molecule has 0 unspecified atom stereocenters. The first-order valence-electron chi connectivity index (χ1n) is 13.1. The Morgan fingerprint density at radius 1 is 0.839 bits per heavy atom. The lowest BCUT2D eigenvalue weighted by atomic mass is 10.1. The molecule has 1 aliphatic rings. The monoisotopic (exact) mass is 442 g/mol. The fourth-order valence-electron chi connectivity index (χ4n) is 4.14. The molecule has 31 heavy (non-hydrogen) atoms. The largest absolute Gasteiger partial charge is 0.394 e. The normalized spacial score (nSPS) is 22.5. The van der Waals surface area contributed by atoms with Gasteiger partial charge in [0.15, 0.2) is 0 Å². The Labute approximate surface area is 191 Å². The number of aliphatic hydroxyl groups is 3. The molecule has 0 aliphatic carbocycles. The smallest absolute Gasteiger partial charge is 0.114 e. The molecule has 0 saturated carbocycles. The Bertz CT molecular complexity index is 415. The van der Waals surface area contributed by atoms with Crippen LogP contribution in [-0.2, 0) is 9.47 Å². The molecule has 5 nitrogen and oxygen atoms in total. The summed E-state index contributed by atoms with van der Waals surface area (Å²) in [6.45, 7) is 2.74. The van der Waals surface area contributed by atoms with Crippen molar-refractivity contribution < 1.29 is 24.8 Å². The van der Waals surface area contributed by atoms with E-state index in [4.69, 9.17) is 14.6 Å². The summed E-state index contributed by atoms with van der Waals surface area (Å²) in [5.41, 5.74) is 0. The highest BCUT2D eigenvalue weighted by atomic mass is 16.6. The van der Waals surface area contributed by atoms with E-state index in [2.05, 4.69) is 19.1 Å². The fraction of sp³-hybridized carbons (Fsp3) is 0.923. The minimum atomic E-state index is -1.05. The second-order valence-corrected chi connectivity index (χ2v) is 9.09. The van der Waals surface area contributed by atoms with Gasteiger partial charge in [-0.3, -0.25) is 0 Å². The Kier molecular flexibility index (Phi) is 18.6. The number of hydrogen-bond acceptors (Lipinski definition) is 5. The molecule has 0 aromatic carbocycles. The molecule has 3 N–H and O–H groups in total. The lowest BCUT2D eigenvalue weighted by Crippen LogP contribution is -2.41. The van der Waals surface area contributed by atoms with Crippen molar-refractivity contribution in [1.82, 2.24) is 0 Å². The van der Waals surface area contributed by atoms with Crippen LogP contribution in [0.25, 0.3) is 0 Å². The Morgan fingerprint density at radius 2 is 1.35 bits per heavy atom.